The van der Waals surface area contributed by atoms with Crippen molar-refractivity contribution < 1.29 is 8.78 Å². The van der Waals surface area contributed by atoms with E-state index in [1.807, 2.05) is 0 Å². The minimum absolute atomic E-state index is 0.226. The molecule has 1 heterocycles. The van der Waals surface area contributed by atoms with Crippen molar-refractivity contribution in [3.63, 3.8) is 0 Å². The standard InChI is InChI=1S/C14H17F2N3/c1-3-10(4-2)19-8-13(17)14(18-19)11-6-5-9(15)7-12(11)16/h5-8,10H,3-4,17H2,1-2H3. The Morgan fingerprint density at radius 2 is 1.95 bits per heavy atom. The summed E-state index contributed by atoms with van der Waals surface area (Å²) in [6.07, 6.45) is 3.54. The van der Waals surface area contributed by atoms with Gasteiger partial charge in [0.15, 0.2) is 0 Å². The SMILES string of the molecule is CCC(CC)n1cc(N)c(-c2ccc(F)cc2F)n1. The molecular formula is C14H17F2N3. The van der Waals surface area contributed by atoms with Crippen LogP contribution in [0.4, 0.5) is 14.5 Å². The first-order valence-electron chi connectivity index (χ1n) is 6.36. The van der Waals surface area contributed by atoms with Crippen LogP contribution in [0.3, 0.4) is 0 Å². The summed E-state index contributed by atoms with van der Waals surface area (Å²) < 4.78 is 28.4. The molecule has 1 aromatic heterocycles. The second-order valence-electron chi connectivity index (χ2n) is 4.51. The van der Waals surface area contributed by atoms with E-state index in [0.717, 1.165) is 18.9 Å². The van der Waals surface area contributed by atoms with E-state index in [0.29, 0.717) is 11.4 Å². The molecule has 2 N–H and O–H groups in total. The van der Waals surface area contributed by atoms with Crippen LogP contribution in [0.5, 0.6) is 0 Å². The first-order chi connectivity index (χ1) is 9.06. The van der Waals surface area contributed by atoms with Gasteiger partial charge < -0.3 is 5.73 Å². The lowest BCUT2D eigenvalue weighted by molar-refractivity contribution is 0.429. The molecule has 0 amide bonds. The van der Waals surface area contributed by atoms with Crippen molar-refractivity contribution in [3.05, 3.63) is 36.0 Å². The Hall–Kier alpha value is -1.91. The zero-order valence-electron chi connectivity index (χ0n) is 11.0. The highest BCUT2D eigenvalue weighted by molar-refractivity contribution is 5.72. The molecule has 0 spiro atoms. The van der Waals surface area contributed by atoms with Gasteiger partial charge in [0.2, 0.25) is 0 Å². The van der Waals surface area contributed by atoms with Gasteiger partial charge in [-0.05, 0) is 25.0 Å². The van der Waals surface area contributed by atoms with Gasteiger partial charge in [0, 0.05) is 17.8 Å². The van der Waals surface area contributed by atoms with Crippen LogP contribution in [-0.4, -0.2) is 9.78 Å². The topological polar surface area (TPSA) is 43.8 Å². The maximum atomic E-state index is 13.7. The fraction of sp³-hybridized carbons (Fsp3) is 0.357. The number of hydrogen-bond donors (Lipinski definition) is 1. The Morgan fingerprint density at radius 3 is 2.53 bits per heavy atom. The number of rotatable bonds is 4. The van der Waals surface area contributed by atoms with Crippen molar-refractivity contribution in [2.45, 2.75) is 32.7 Å². The van der Waals surface area contributed by atoms with Crippen LogP contribution in [-0.2, 0) is 0 Å². The molecule has 0 aliphatic carbocycles. The normalized spacial score (nSPS) is 11.2. The third kappa shape index (κ3) is 2.59. The fourth-order valence-corrected chi connectivity index (χ4v) is 2.15. The predicted molar refractivity (Wildman–Crippen MR) is 71.6 cm³/mol. The highest BCUT2D eigenvalue weighted by atomic mass is 19.1. The van der Waals surface area contributed by atoms with E-state index in [4.69, 9.17) is 5.73 Å². The Morgan fingerprint density at radius 1 is 1.26 bits per heavy atom. The summed E-state index contributed by atoms with van der Waals surface area (Å²) in [5.74, 6) is -1.26. The van der Waals surface area contributed by atoms with Crippen molar-refractivity contribution in [2.24, 2.45) is 0 Å². The number of nitrogens with zero attached hydrogens (tertiary/aromatic N) is 2. The lowest BCUT2D eigenvalue weighted by Crippen LogP contribution is -2.07. The maximum Gasteiger partial charge on any atom is 0.135 e. The first-order valence-corrected chi connectivity index (χ1v) is 6.36. The molecule has 2 aromatic rings. The molecule has 102 valence electrons. The number of benzene rings is 1. The summed E-state index contributed by atoms with van der Waals surface area (Å²) in [5.41, 5.74) is 6.87. The number of anilines is 1. The van der Waals surface area contributed by atoms with Crippen molar-refractivity contribution >= 4 is 5.69 Å². The van der Waals surface area contributed by atoms with Crippen molar-refractivity contribution in [1.29, 1.82) is 0 Å². The summed E-state index contributed by atoms with van der Waals surface area (Å²) in [6.45, 7) is 4.12. The van der Waals surface area contributed by atoms with E-state index in [9.17, 15) is 8.78 Å². The van der Waals surface area contributed by atoms with Gasteiger partial charge in [-0.2, -0.15) is 5.10 Å². The van der Waals surface area contributed by atoms with Crippen LogP contribution in [0.25, 0.3) is 11.3 Å². The number of halogens is 2. The molecule has 0 bridgehead atoms. The molecule has 0 aliphatic rings. The average Bonchev–Trinajstić information content (AvgIpc) is 2.73. The Kier molecular flexibility index (Phi) is 3.83. The van der Waals surface area contributed by atoms with Gasteiger partial charge in [0.25, 0.3) is 0 Å². The van der Waals surface area contributed by atoms with E-state index >= 15 is 0 Å². The molecule has 1 aromatic carbocycles. The van der Waals surface area contributed by atoms with E-state index in [1.165, 1.54) is 12.1 Å². The largest absolute Gasteiger partial charge is 0.396 e. The number of nitrogens with two attached hydrogens (primary N) is 1. The van der Waals surface area contributed by atoms with E-state index in [1.54, 1.807) is 10.9 Å². The molecule has 19 heavy (non-hydrogen) atoms. The van der Waals surface area contributed by atoms with Gasteiger partial charge in [-0.3, -0.25) is 4.68 Å². The van der Waals surface area contributed by atoms with Gasteiger partial charge in [0.05, 0.1) is 11.7 Å². The molecule has 0 radical (unpaired) electrons. The van der Waals surface area contributed by atoms with Crippen molar-refractivity contribution in [2.75, 3.05) is 5.73 Å². The molecule has 0 saturated carbocycles. The second-order valence-corrected chi connectivity index (χ2v) is 4.51. The third-order valence-electron chi connectivity index (χ3n) is 3.26. The molecular weight excluding hydrogens is 248 g/mol. The van der Waals surface area contributed by atoms with E-state index in [2.05, 4.69) is 18.9 Å². The van der Waals surface area contributed by atoms with Gasteiger partial charge >= 0.3 is 0 Å². The fourth-order valence-electron chi connectivity index (χ4n) is 2.15. The number of hydrogen-bond acceptors (Lipinski definition) is 2. The predicted octanol–water partition coefficient (Wildman–Crippen LogP) is 3.77. The molecule has 0 unspecified atom stereocenters. The highest BCUT2D eigenvalue weighted by Crippen LogP contribution is 2.29. The number of nitrogen functional groups attached to an aromatic ring is 1. The molecule has 5 heteroatoms. The van der Waals surface area contributed by atoms with Gasteiger partial charge in [0.1, 0.15) is 17.3 Å². The summed E-state index contributed by atoms with van der Waals surface area (Å²) in [4.78, 5) is 0. The minimum atomic E-state index is -0.651. The number of aromatic nitrogens is 2. The maximum absolute atomic E-state index is 13.7. The third-order valence-corrected chi connectivity index (χ3v) is 3.26. The first kappa shape index (κ1) is 13.5. The van der Waals surface area contributed by atoms with Crippen LogP contribution in [0.2, 0.25) is 0 Å². The van der Waals surface area contributed by atoms with Crippen LogP contribution in [0, 0.1) is 11.6 Å². The molecule has 0 fully saturated rings. The summed E-state index contributed by atoms with van der Waals surface area (Å²) in [5, 5.41) is 4.34. The van der Waals surface area contributed by atoms with Crippen LogP contribution in [0.15, 0.2) is 24.4 Å². The Labute approximate surface area is 111 Å². The lowest BCUT2D eigenvalue weighted by atomic mass is 10.1. The molecule has 2 rings (SSSR count). The van der Waals surface area contributed by atoms with Crippen LogP contribution < -0.4 is 5.73 Å². The highest BCUT2D eigenvalue weighted by Gasteiger charge is 2.16. The second kappa shape index (κ2) is 5.38. The summed E-state index contributed by atoms with van der Waals surface area (Å²) >= 11 is 0. The van der Waals surface area contributed by atoms with Crippen LogP contribution in [0.1, 0.15) is 32.7 Å². The smallest absolute Gasteiger partial charge is 0.135 e. The van der Waals surface area contributed by atoms with Crippen molar-refractivity contribution in [3.8, 4) is 11.3 Å². The molecule has 3 nitrogen and oxygen atoms in total. The van der Waals surface area contributed by atoms with E-state index < -0.39 is 11.6 Å². The molecule has 0 aliphatic heterocycles. The zero-order chi connectivity index (χ0) is 14.0. The Bertz CT molecular complexity index is 574. The molecule has 0 atom stereocenters. The average molecular weight is 265 g/mol. The van der Waals surface area contributed by atoms with Gasteiger partial charge in [-0.25, -0.2) is 8.78 Å². The lowest BCUT2D eigenvalue weighted by Gasteiger charge is -2.12. The minimum Gasteiger partial charge on any atom is -0.396 e. The van der Waals surface area contributed by atoms with Crippen molar-refractivity contribution in [1.82, 2.24) is 9.78 Å². The van der Waals surface area contributed by atoms with Gasteiger partial charge in [-0.1, -0.05) is 13.8 Å². The summed E-state index contributed by atoms with van der Waals surface area (Å²) in [7, 11) is 0. The van der Waals surface area contributed by atoms with Crippen LogP contribution >= 0.6 is 0 Å². The summed E-state index contributed by atoms with van der Waals surface area (Å²) in [6, 6.07) is 3.64. The zero-order valence-corrected chi connectivity index (χ0v) is 11.0. The quantitative estimate of drug-likeness (QED) is 0.914. The van der Waals surface area contributed by atoms with E-state index in [-0.39, 0.29) is 11.6 Å². The Balaban J connectivity index is 2.45. The van der Waals surface area contributed by atoms with Gasteiger partial charge in [-0.15, -0.1) is 0 Å². The molecule has 0 saturated heterocycles. The monoisotopic (exact) mass is 265 g/mol.